The number of carbonyl (C=O) groups excluding carboxylic acids is 2. The average Bonchev–Trinajstić information content (AvgIpc) is 3.31. The fraction of sp³-hybridized carbons (Fsp3) is 0.0556. The van der Waals surface area contributed by atoms with Gasteiger partial charge in [-0.15, -0.1) is 0 Å². The van der Waals surface area contributed by atoms with Gasteiger partial charge in [0.1, 0.15) is 23.2 Å². The van der Waals surface area contributed by atoms with Gasteiger partial charge in [-0.05, 0) is 36.8 Å². The van der Waals surface area contributed by atoms with Crippen LogP contribution in [0.1, 0.15) is 33.5 Å². The number of hydrazone groups is 1. The molecule has 2 aromatic heterocycles. The molecule has 3 rings (SSSR count). The molecular formula is C18H14N3O4-. The van der Waals surface area contributed by atoms with Crippen molar-refractivity contribution in [3.05, 3.63) is 71.7 Å². The van der Waals surface area contributed by atoms with Gasteiger partial charge in [-0.3, -0.25) is 4.79 Å². The van der Waals surface area contributed by atoms with E-state index in [9.17, 15) is 14.7 Å². The lowest BCUT2D eigenvalue weighted by Crippen LogP contribution is -2.21. The number of furan rings is 1. The fourth-order valence-electron chi connectivity index (χ4n) is 2.21. The van der Waals surface area contributed by atoms with Gasteiger partial charge in [-0.2, -0.15) is 5.10 Å². The predicted octanol–water partition coefficient (Wildman–Crippen LogP) is 1.79. The molecule has 0 bridgehead atoms. The zero-order valence-electron chi connectivity index (χ0n) is 13.3. The van der Waals surface area contributed by atoms with Crippen LogP contribution in [0.5, 0.6) is 0 Å². The van der Waals surface area contributed by atoms with Gasteiger partial charge in [0.25, 0.3) is 5.91 Å². The molecule has 2 N–H and O–H groups in total. The van der Waals surface area contributed by atoms with Crippen LogP contribution in [-0.2, 0) is 0 Å². The normalized spacial score (nSPS) is 11.3. The minimum absolute atomic E-state index is 0.219. The van der Waals surface area contributed by atoms with E-state index in [0.717, 1.165) is 11.1 Å². The number of carbonyl (C=O) groups is 2. The summed E-state index contributed by atoms with van der Waals surface area (Å²) in [7, 11) is 0. The van der Waals surface area contributed by atoms with Crippen LogP contribution < -0.4 is 10.5 Å². The van der Waals surface area contributed by atoms with Crippen LogP contribution in [0.25, 0.3) is 11.3 Å². The Morgan fingerprint density at radius 3 is 2.48 bits per heavy atom. The first-order chi connectivity index (χ1) is 12.0. The molecule has 0 saturated heterocycles. The third-order valence-electron chi connectivity index (χ3n) is 3.56. The minimum Gasteiger partial charge on any atom is -0.542 e. The molecule has 0 fully saturated rings. The van der Waals surface area contributed by atoms with Crippen LogP contribution in [0.4, 0.5) is 0 Å². The molecule has 0 atom stereocenters. The van der Waals surface area contributed by atoms with Gasteiger partial charge >= 0.3 is 0 Å². The molecular weight excluding hydrogens is 322 g/mol. The fourth-order valence-corrected chi connectivity index (χ4v) is 2.21. The summed E-state index contributed by atoms with van der Waals surface area (Å²) in [5.41, 5.74) is 5.05. The molecule has 0 unspecified atom stereocenters. The molecule has 7 heteroatoms. The summed E-state index contributed by atoms with van der Waals surface area (Å²) in [6, 6.07) is 13.5. The molecule has 7 nitrogen and oxygen atoms in total. The largest absolute Gasteiger partial charge is 0.542 e. The second-order valence-corrected chi connectivity index (χ2v) is 5.25. The van der Waals surface area contributed by atoms with E-state index in [-0.39, 0.29) is 11.7 Å². The van der Waals surface area contributed by atoms with Crippen LogP contribution in [-0.4, -0.2) is 22.6 Å². The highest BCUT2D eigenvalue weighted by atomic mass is 16.4. The molecule has 0 aliphatic carbocycles. The van der Waals surface area contributed by atoms with Crippen molar-refractivity contribution < 1.29 is 19.1 Å². The van der Waals surface area contributed by atoms with Crippen LogP contribution in [0.15, 0.2) is 64.2 Å². The number of H-pyrrole nitrogens is 1. The number of rotatable bonds is 5. The Labute approximate surface area is 143 Å². The third kappa shape index (κ3) is 3.66. The molecule has 1 amide bonds. The highest BCUT2D eigenvalue weighted by Gasteiger charge is 2.07. The van der Waals surface area contributed by atoms with Crippen LogP contribution >= 0.6 is 0 Å². The Hall–Kier alpha value is -3.61. The number of aromatic nitrogens is 1. The summed E-state index contributed by atoms with van der Waals surface area (Å²) in [5, 5.41) is 14.8. The van der Waals surface area contributed by atoms with E-state index < -0.39 is 5.97 Å². The number of aromatic amines is 1. The molecule has 0 radical (unpaired) electrons. The second kappa shape index (κ2) is 6.88. The quantitative estimate of drug-likeness (QED) is 0.546. The van der Waals surface area contributed by atoms with Gasteiger partial charge in [0, 0.05) is 11.8 Å². The van der Waals surface area contributed by atoms with Crippen molar-refractivity contribution >= 4 is 17.6 Å². The Bertz CT molecular complexity index is 922. The number of carboxylic acids is 1. The molecule has 3 aromatic rings. The monoisotopic (exact) mass is 336 g/mol. The lowest BCUT2D eigenvalue weighted by molar-refractivity contribution is -0.257. The molecule has 2 heterocycles. The molecule has 25 heavy (non-hydrogen) atoms. The van der Waals surface area contributed by atoms with Crippen LogP contribution in [0, 0.1) is 0 Å². The summed E-state index contributed by atoms with van der Waals surface area (Å²) >= 11 is 0. The van der Waals surface area contributed by atoms with E-state index >= 15 is 0 Å². The Morgan fingerprint density at radius 2 is 1.88 bits per heavy atom. The second-order valence-electron chi connectivity index (χ2n) is 5.25. The van der Waals surface area contributed by atoms with E-state index in [1.165, 1.54) is 6.07 Å². The van der Waals surface area contributed by atoms with Crippen LogP contribution in [0.2, 0.25) is 0 Å². The average molecular weight is 336 g/mol. The molecule has 0 aliphatic heterocycles. The van der Waals surface area contributed by atoms with Crippen molar-refractivity contribution in [2.75, 3.05) is 0 Å². The summed E-state index contributed by atoms with van der Waals surface area (Å²) < 4.78 is 5.20. The van der Waals surface area contributed by atoms with E-state index in [2.05, 4.69) is 15.5 Å². The standard InChI is InChI=1S/C18H15N3O4/c1-11(20-21-17(22)14-3-2-10-19-14)12-4-6-13(7-5-12)15-8-9-16(25-15)18(23)24/h2-10,19H,1H3,(H,21,22)(H,23,24)/p-1/b20-11-. The smallest absolute Gasteiger partial charge is 0.287 e. The molecule has 1 aromatic carbocycles. The van der Waals surface area contributed by atoms with Gasteiger partial charge in [-0.1, -0.05) is 24.3 Å². The van der Waals surface area contributed by atoms with Gasteiger partial charge < -0.3 is 19.3 Å². The van der Waals surface area contributed by atoms with E-state index in [1.54, 1.807) is 55.6 Å². The molecule has 0 spiro atoms. The summed E-state index contributed by atoms with van der Waals surface area (Å²) in [6.45, 7) is 1.77. The van der Waals surface area contributed by atoms with E-state index in [1.807, 2.05) is 0 Å². The van der Waals surface area contributed by atoms with E-state index in [4.69, 9.17) is 4.42 Å². The number of nitrogens with zero attached hydrogens (tertiary/aromatic N) is 1. The number of aromatic carboxylic acids is 1. The Balaban J connectivity index is 1.71. The first-order valence-corrected chi connectivity index (χ1v) is 7.44. The summed E-state index contributed by atoms with van der Waals surface area (Å²) in [6.07, 6.45) is 1.66. The number of benzene rings is 1. The van der Waals surface area contributed by atoms with Gasteiger partial charge in [-0.25, -0.2) is 5.43 Å². The van der Waals surface area contributed by atoms with Crippen molar-refractivity contribution in [2.45, 2.75) is 6.92 Å². The van der Waals surface area contributed by atoms with Gasteiger partial charge in [0.05, 0.1) is 5.71 Å². The zero-order valence-corrected chi connectivity index (χ0v) is 13.3. The highest BCUT2D eigenvalue weighted by molar-refractivity contribution is 6.00. The zero-order chi connectivity index (χ0) is 17.8. The Morgan fingerprint density at radius 1 is 1.12 bits per heavy atom. The number of hydrogen-bond donors (Lipinski definition) is 2. The minimum atomic E-state index is -1.36. The maximum Gasteiger partial charge on any atom is 0.287 e. The predicted molar refractivity (Wildman–Crippen MR) is 88.9 cm³/mol. The number of amides is 1. The third-order valence-corrected chi connectivity index (χ3v) is 3.56. The van der Waals surface area contributed by atoms with Crippen molar-refractivity contribution in [3.8, 4) is 11.3 Å². The molecule has 0 saturated carbocycles. The highest BCUT2D eigenvalue weighted by Crippen LogP contribution is 2.22. The summed E-state index contributed by atoms with van der Waals surface area (Å²) in [5.74, 6) is -1.47. The van der Waals surface area contributed by atoms with Crippen LogP contribution in [0.3, 0.4) is 0 Å². The summed E-state index contributed by atoms with van der Waals surface area (Å²) in [4.78, 5) is 25.4. The Kier molecular flexibility index (Phi) is 4.47. The van der Waals surface area contributed by atoms with Crippen molar-refractivity contribution in [1.29, 1.82) is 0 Å². The lowest BCUT2D eigenvalue weighted by atomic mass is 10.1. The maximum atomic E-state index is 11.8. The number of hydrogen-bond acceptors (Lipinski definition) is 5. The maximum absolute atomic E-state index is 11.8. The number of carboxylic acid groups (broad SMARTS) is 1. The molecule has 0 aliphatic rings. The topological polar surface area (TPSA) is 111 Å². The lowest BCUT2D eigenvalue weighted by Gasteiger charge is -2.04. The first-order valence-electron chi connectivity index (χ1n) is 7.44. The SMILES string of the molecule is C/C(=N/NC(=O)c1ccc[nH]1)c1ccc(-c2ccc(C(=O)[O-])o2)cc1. The van der Waals surface area contributed by atoms with Crippen molar-refractivity contribution in [3.63, 3.8) is 0 Å². The number of nitrogens with one attached hydrogen (secondary N) is 2. The molecule has 126 valence electrons. The first kappa shape index (κ1) is 16.3. The van der Waals surface area contributed by atoms with E-state index in [0.29, 0.717) is 17.2 Å². The van der Waals surface area contributed by atoms with Crippen molar-refractivity contribution in [2.24, 2.45) is 5.10 Å². The van der Waals surface area contributed by atoms with Crippen molar-refractivity contribution in [1.82, 2.24) is 10.4 Å². The van der Waals surface area contributed by atoms with Gasteiger partial charge in [0.2, 0.25) is 0 Å². The van der Waals surface area contributed by atoms with Gasteiger partial charge in [0.15, 0.2) is 0 Å².